The molecule has 1 saturated heterocycles. The Bertz CT molecular complexity index is 1560. The maximum Gasteiger partial charge on any atom is 0.407 e. The fourth-order valence-electron chi connectivity index (χ4n) is 5.13. The van der Waals surface area contributed by atoms with Crippen LogP contribution < -0.4 is 16.4 Å². The molecule has 2 aromatic carbocycles. The molecule has 0 unspecified atom stereocenters. The van der Waals surface area contributed by atoms with Crippen molar-refractivity contribution in [3.63, 3.8) is 0 Å². The van der Waals surface area contributed by atoms with E-state index in [0.29, 0.717) is 30.6 Å². The van der Waals surface area contributed by atoms with Crippen molar-refractivity contribution < 1.29 is 29.0 Å². The van der Waals surface area contributed by atoms with Gasteiger partial charge in [0.25, 0.3) is 5.91 Å². The van der Waals surface area contributed by atoms with Crippen LogP contribution in [0.4, 0.5) is 16.2 Å². The highest BCUT2D eigenvalue weighted by Gasteiger charge is 2.36. The van der Waals surface area contributed by atoms with Gasteiger partial charge in [-0.05, 0) is 77.9 Å². The van der Waals surface area contributed by atoms with Crippen molar-refractivity contribution in [1.29, 1.82) is 0 Å². The number of hydrogen-bond acceptors (Lipinski definition) is 11. The number of aliphatic hydroxyl groups is 1. The van der Waals surface area contributed by atoms with Crippen molar-refractivity contribution >= 4 is 48.6 Å². The van der Waals surface area contributed by atoms with Crippen LogP contribution in [0.1, 0.15) is 51.2 Å². The maximum atomic E-state index is 13.7. The van der Waals surface area contributed by atoms with E-state index in [1.54, 1.807) is 25.7 Å². The Morgan fingerprint density at radius 1 is 1.09 bits per heavy atom. The molecule has 0 saturated carbocycles. The lowest BCUT2D eigenvalue weighted by atomic mass is 9.90. The Labute approximate surface area is 314 Å². The normalized spacial score (nSPS) is 14.6. The van der Waals surface area contributed by atoms with Gasteiger partial charge in [-0.15, -0.1) is 0 Å². The number of hydrogen-bond donors (Lipinski definition) is 4. The second kappa shape index (κ2) is 22.1. The van der Waals surface area contributed by atoms with Gasteiger partial charge in [0.1, 0.15) is 11.9 Å². The van der Waals surface area contributed by atoms with E-state index < -0.39 is 17.3 Å². The average Bonchev–Trinajstić information content (AvgIpc) is 3.11. The third-order valence-electron chi connectivity index (χ3n) is 8.07. The van der Waals surface area contributed by atoms with Crippen LogP contribution in [0.5, 0.6) is 0 Å². The molecule has 1 aliphatic heterocycles. The van der Waals surface area contributed by atoms with E-state index in [1.807, 2.05) is 81.5 Å². The van der Waals surface area contributed by atoms with Crippen LogP contribution in [-0.2, 0) is 25.5 Å². The zero-order chi connectivity index (χ0) is 39.4. The molecule has 5 N–H and O–H groups in total. The Morgan fingerprint density at radius 3 is 2.34 bits per heavy atom. The first-order chi connectivity index (χ1) is 25.1. The van der Waals surface area contributed by atoms with Gasteiger partial charge in [-0.2, -0.15) is 0 Å². The molecule has 2 aromatic rings. The number of allylic oxidation sites excluding steroid dienone is 1. The lowest BCUT2D eigenvalue weighted by molar-refractivity contribution is -0.132. The third kappa shape index (κ3) is 16.9. The van der Waals surface area contributed by atoms with Gasteiger partial charge in [-0.3, -0.25) is 14.6 Å². The molecule has 0 aliphatic carbocycles. The molecule has 1 aliphatic rings. The molecule has 1 heterocycles. The summed E-state index contributed by atoms with van der Waals surface area (Å²) in [6, 6.07) is 15.3. The smallest absolute Gasteiger partial charge is 0.407 e. The van der Waals surface area contributed by atoms with E-state index in [-0.39, 0.29) is 57.0 Å². The molecule has 14 heteroatoms. The van der Waals surface area contributed by atoms with Gasteiger partial charge in [0.05, 0.1) is 36.3 Å². The molecule has 0 spiro atoms. The second-order valence-corrected chi connectivity index (χ2v) is 14.1. The number of benzene rings is 2. The minimum Gasteiger partial charge on any atom is -0.444 e. The number of nitrogens with two attached hydrogens (primary N) is 1. The van der Waals surface area contributed by atoms with Gasteiger partial charge in [0, 0.05) is 63.7 Å². The summed E-state index contributed by atoms with van der Waals surface area (Å²) in [5, 5.41) is 17.1. The van der Waals surface area contributed by atoms with Crippen LogP contribution in [-0.4, -0.2) is 129 Å². The van der Waals surface area contributed by atoms with Gasteiger partial charge < -0.3 is 45.7 Å². The van der Waals surface area contributed by atoms with E-state index >= 15 is 0 Å². The molecule has 290 valence electrons. The topological polar surface area (TPSA) is 182 Å². The molecule has 3 rings (SSSR count). The molecule has 3 amide bonds. The third-order valence-corrected chi connectivity index (χ3v) is 8.07. The first kappa shape index (κ1) is 44.1. The number of ether oxygens (including phenoxy) is 1. The first-order valence-corrected chi connectivity index (χ1v) is 17.7. The van der Waals surface area contributed by atoms with E-state index in [0.717, 1.165) is 29.6 Å². The Balaban J connectivity index is 0.00000126. The Morgan fingerprint density at radius 2 is 1.77 bits per heavy atom. The van der Waals surface area contributed by atoms with Crippen LogP contribution in [0.2, 0.25) is 0 Å². The summed E-state index contributed by atoms with van der Waals surface area (Å²) in [4.78, 5) is 61.0. The summed E-state index contributed by atoms with van der Waals surface area (Å²) in [7, 11) is 5.71. The average molecular weight is 735 g/mol. The zero-order valence-electron chi connectivity index (χ0n) is 32.3. The summed E-state index contributed by atoms with van der Waals surface area (Å²) in [6.07, 6.45) is 5.41. The van der Waals surface area contributed by atoms with Gasteiger partial charge in [-0.1, -0.05) is 36.4 Å². The molecular weight excluding hydrogens is 676 g/mol. The first-order valence-electron chi connectivity index (χ1n) is 17.7. The lowest BCUT2D eigenvalue weighted by Crippen LogP contribution is -2.52. The standard InChI is InChI=1S/C34H47N7O5.C5H11NO/c1-25-11-12-27(36-5)20-30(25)39-23-40(24-42)22-34(45)13-17-41(18-14-34)31(43)28(29(35)19-26-9-7-6-8-10-26)21-37-15-16-38-32(44)46-33(2,3)4;1-6(2)4-3-5-7/h6-12,20-21,23-24,36,45H,13-19,22,35H2,1-5H3,(H,38,44);5H,3-4H2,1-2H3/b29-28+,37-21?,39-23?;. The number of anilines is 1. The van der Waals surface area contributed by atoms with Crippen molar-refractivity contribution in [1.82, 2.24) is 20.0 Å². The zero-order valence-corrected chi connectivity index (χ0v) is 32.3. The monoisotopic (exact) mass is 734 g/mol. The number of rotatable bonds is 16. The van der Waals surface area contributed by atoms with Crippen LogP contribution in [0.15, 0.2) is 69.8 Å². The molecule has 1 fully saturated rings. The molecule has 0 radical (unpaired) electrons. The highest BCUT2D eigenvalue weighted by atomic mass is 16.6. The summed E-state index contributed by atoms with van der Waals surface area (Å²) in [5.74, 6) is -0.298. The molecular formula is C39H58N8O6. The van der Waals surface area contributed by atoms with Gasteiger partial charge in [0.2, 0.25) is 6.41 Å². The van der Waals surface area contributed by atoms with Crippen molar-refractivity contribution in [3.8, 4) is 0 Å². The number of alkyl carbamates (subject to hydrolysis) is 1. The van der Waals surface area contributed by atoms with E-state index in [2.05, 4.69) is 20.6 Å². The van der Waals surface area contributed by atoms with Crippen LogP contribution in [0.3, 0.4) is 0 Å². The van der Waals surface area contributed by atoms with Crippen molar-refractivity contribution in [2.75, 3.05) is 65.7 Å². The van der Waals surface area contributed by atoms with Crippen molar-refractivity contribution in [3.05, 3.63) is 70.9 Å². The minimum absolute atomic E-state index is 0.0394. The number of piperidine rings is 1. The Hall–Kier alpha value is -5.08. The van der Waals surface area contributed by atoms with Gasteiger partial charge >= 0.3 is 6.09 Å². The number of amides is 3. The number of likely N-dealkylation sites (tertiary alicyclic amines) is 1. The highest BCUT2D eigenvalue weighted by molar-refractivity contribution is 6.12. The second-order valence-electron chi connectivity index (χ2n) is 14.1. The SMILES string of the molecule is CN(C)CCC=O.CNc1ccc(C)c(N=CN(C=O)CC2(O)CCN(C(=O)/C(C=NCCNC(=O)OC(C)(C)C)=C(/N)Cc3ccccc3)CC2)c1. The summed E-state index contributed by atoms with van der Waals surface area (Å²) in [5.41, 5.74) is 8.78. The fraction of sp³-hybridized carbons (Fsp3) is 0.487. The summed E-state index contributed by atoms with van der Waals surface area (Å²) >= 11 is 0. The number of aliphatic imine (C=N–C) groups is 2. The predicted octanol–water partition coefficient (Wildman–Crippen LogP) is 3.70. The van der Waals surface area contributed by atoms with E-state index in [1.165, 1.54) is 17.5 Å². The molecule has 0 bridgehead atoms. The number of carbonyl (C=O) groups excluding carboxylic acids is 4. The summed E-state index contributed by atoms with van der Waals surface area (Å²) in [6.45, 7) is 9.14. The summed E-state index contributed by atoms with van der Waals surface area (Å²) < 4.78 is 5.24. The Kier molecular flexibility index (Phi) is 18.4. The molecule has 53 heavy (non-hydrogen) atoms. The van der Waals surface area contributed by atoms with Crippen LogP contribution in [0, 0.1) is 6.92 Å². The van der Waals surface area contributed by atoms with Crippen molar-refractivity contribution in [2.24, 2.45) is 15.7 Å². The van der Waals surface area contributed by atoms with Crippen LogP contribution >= 0.6 is 0 Å². The lowest BCUT2D eigenvalue weighted by Gasteiger charge is -2.39. The van der Waals surface area contributed by atoms with E-state index in [9.17, 15) is 24.3 Å². The molecule has 14 nitrogen and oxygen atoms in total. The van der Waals surface area contributed by atoms with Crippen molar-refractivity contribution in [2.45, 2.75) is 64.6 Å². The quantitative estimate of drug-likeness (QED) is 0.0657. The van der Waals surface area contributed by atoms with Crippen LogP contribution in [0.25, 0.3) is 0 Å². The number of aldehydes is 1. The largest absolute Gasteiger partial charge is 0.444 e. The van der Waals surface area contributed by atoms with E-state index in [4.69, 9.17) is 10.5 Å². The van der Waals surface area contributed by atoms with Gasteiger partial charge in [0.15, 0.2) is 0 Å². The van der Waals surface area contributed by atoms with Gasteiger partial charge in [-0.25, -0.2) is 9.79 Å². The maximum absolute atomic E-state index is 13.7. The fourth-order valence-corrected chi connectivity index (χ4v) is 5.13. The highest BCUT2D eigenvalue weighted by Crippen LogP contribution is 2.26. The minimum atomic E-state index is -1.20. The number of nitrogens with one attached hydrogen (secondary N) is 2. The number of nitrogens with zero attached hydrogens (tertiary/aromatic N) is 5. The molecule has 0 atom stereocenters. The number of aryl methyl sites for hydroxylation is 1. The number of carbonyl (C=O) groups is 4. The predicted molar refractivity (Wildman–Crippen MR) is 211 cm³/mol. The molecule has 0 aromatic heterocycles.